The molecule has 1 saturated carbocycles. The quantitative estimate of drug-likeness (QED) is 0.880. The molecule has 1 heterocycles. The van der Waals surface area contributed by atoms with E-state index in [9.17, 15) is 23.1 Å². The van der Waals surface area contributed by atoms with Crippen LogP contribution in [-0.4, -0.2) is 21.8 Å². The van der Waals surface area contributed by atoms with Crippen LogP contribution in [0.15, 0.2) is 18.2 Å². The van der Waals surface area contributed by atoms with Crippen molar-refractivity contribution in [2.24, 2.45) is 0 Å². The number of carboxylic acid groups (broad SMARTS) is 1. The van der Waals surface area contributed by atoms with Gasteiger partial charge in [-0.05, 0) is 31.4 Å². The SMILES string of the molecule is O=C(O)CC1(O)CC2(CCC2)Oc2cc(C(F)(F)F)ccc21. The van der Waals surface area contributed by atoms with Gasteiger partial charge >= 0.3 is 12.1 Å². The lowest BCUT2D eigenvalue weighted by Crippen LogP contribution is -2.53. The van der Waals surface area contributed by atoms with Gasteiger partial charge in [-0.25, -0.2) is 0 Å². The van der Waals surface area contributed by atoms with Crippen molar-refractivity contribution in [3.8, 4) is 5.75 Å². The molecule has 22 heavy (non-hydrogen) atoms. The Morgan fingerprint density at radius 1 is 1.32 bits per heavy atom. The van der Waals surface area contributed by atoms with Crippen molar-refractivity contribution in [3.63, 3.8) is 0 Å². The van der Waals surface area contributed by atoms with E-state index in [4.69, 9.17) is 9.84 Å². The number of benzene rings is 1. The molecule has 120 valence electrons. The number of halogens is 3. The van der Waals surface area contributed by atoms with Crippen LogP contribution in [0.1, 0.15) is 43.2 Å². The summed E-state index contributed by atoms with van der Waals surface area (Å²) in [7, 11) is 0. The highest BCUT2D eigenvalue weighted by molar-refractivity contribution is 5.69. The van der Waals surface area contributed by atoms with E-state index in [0.717, 1.165) is 24.6 Å². The number of aliphatic hydroxyl groups is 1. The average Bonchev–Trinajstić information content (AvgIpc) is 2.33. The van der Waals surface area contributed by atoms with Crippen LogP contribution in [0.5, 0.6) is 5.75 Å². The minimum atomic E-state index is -4.52. The molecule has 1 atom stereocenters. The predicted octanol–water partition coefficient (Wildman–Crippen LogP) is 3.07. The second kappa shape index (κ2) is 4.62. The Kier molecular flexibility index (Phi) is 3.18. The van der Waals surface area contributed by atoms with Gasteiger partial charge in [0.05, 0.1) is 12.0 Å². The van der Waals surface area contributed by atoms with E-state index in [0.29, 0.717) is 12.8 Å². The first kappa shape index (κ1) is 15.1. The van der Waals surface area contributed by atoms with E-state index in [1.165, 1.54) is 0 Å². The molecule has 4 nitrogen and oxygen atoms in total. The predicted molar refractivity (Wildman–Crippen MR) is 69.4 cm³/mol. The molecule has 2 aliphatic rings. The summed E-state index contributed by atoms with van der Waals surface area (Å²) in [6, 6.07) is 2.81. The molecule has 1 unspecified atom stereocenters. The zero-order valence-electron chi connectivity index (χ0n) is 11.6. The van der Waals surface area contributed by atoms with Gasteiger partial charge in [-0.1, -0.05) is 6.07 Å². The molecular weight excluding hydrogens is 301 g/mol. The highest BCUT2D eigenvalue weighted by atomic mass is 19.4. The monoisotopic (exact) mass is 316 g/mol. The van der Waals surface area contributed by atoms with Gasteiger partial charge in [-0.3, -0.25) is 4.79 Å². The molecule has 7 heteroatoms. The van der Waals surface area contributed by atoms with E-state index >= 15 is 0 Å². The number of aliphatic carboxylic acids is 1. The van der Waals surface area contributed by atoms with Crippen molar-refractivity contribution >= 4 is 5.97 Å². The fraction of sp³-hybridized carbons (Fsp3) is 0.533. The lowest BCUT2D eigenvalue weighted by molar-refractivity contribution is -0.154. The molecule has 1 aromatic carbocycles. The molecular formula is C15H15F3O4. The average molecular weight is 316 g/mol. The van der Waals surface area contributed by atoms with E-state index < -0.39 is 35.3 Å². The molecule has 1 aliphatic carbocycles. The minimum Gasteiger partial charge on any atom is -0.487 e. The molecule has 0 aromatic heterocycles. The summed E-state index contributed by atoms with van der Waals surface area (Å²) < 4.78 is 44.2. The Labute approximate surface area is 124 Å². The number of alkyl halides is 3. The molecule has 0 bridgehead atoms. The van der Waals surface area contributed by atoms with E-state index in [2.05, 4.69) is 0 Å². The van der Waals surface area contributed by atoms with E-state index in [1.807, 2.05) is 0 Å². The van der Waals surface area contributed by atoms with Crippen molar-refractivity contribution in [1.29, 1.82) is 0 Å². The Balaban J connectivity index is 2.07. The number of carboxylic acids is 1. The number of carbonyl (C=O) groups is 1. The van der Waals surface area contributed by atoms with Crippen LogP contribution in [0.4, 0.5) is 13.2 Å². The smallest absolute Gasteiger partial charge is 0.416 e. The van der Waals surface area contributed by atoms with Gasteiger partial charge in [-0.15, -0.1) is 0 Å². The maximum atomic E-state index is 12.8. The molecule has 2 N–H and O–H groups in total. The molecule has 1 fully saturated rings. The summed E-state index contributed by atoms with van der Waals surface area (Å²) in [4.78, 5) is 11.0. The van der Waals surface area contributed by atoms with Crippen molar-refractivity contribution in [2.75, 3.05) is 0 Å². The third kappa shape index (κ3) is 2.43. The summed E-state index contributed by atoms with van der Waals surface area (Å²) >= 11 is 0. The maximum Gasteiger partial charge on any atom is 0.416 e. The fourth-order valence-electron chi connectivity index (χ4n) is 3.32. The summed E-state index contributed by atoms with van der Waals surface area (Å²) in [5, 5.41) is 19.8. The van der Waals surface area contributed by atoms with Crippen molar-refractivity contribution < 1.29 is 32.9 Å². The van der Waals surface area contributed by atoms with Gasteiger partial charge in [0, 0.05) is 12.0 Å². The number of hydrogen-bond acceptors (Lipinski definition) is 3. The van der Waals surface area contributed by atoms with Crippen molar-refractivity contribution in [3.05, 3.63) is 29.3 Å². The summed E-state index contributed by atoms with van der Waals surface area (Å²) in [6.45, 7) is 0. The van der Waals surface area contributed by atoms with Crippen LogP contribution in [0.25, 0.3) is 0 Å². The lowest BCUT2D eigenvalue weighted by Gasteiger charge is -2.50. The molecule has 0 amide bonds. The Morgan fingerprint density at radius 3 is 2.50 bits per heavy atom. The van der Waals surface area contributed by atoms with Crippen LogP contribution >= 0.6 is 0 Å². The highest BCUT2D eigenvalue weighted by Gasteiger charge is 2.53. The second-order valence-corrected chi connectivity index (χ2v) is 6.13. The van der Waals surface area contributed by atoms with Crippen LogP contribution in [-0.2, 0) is 16.6 Å². The van der Waals surface area contributed by atoms with Crippen molar-refractivity contribution in [1.82, 2.24) is 0 Å². The zero-order chi connectivity index (χ0) is 16.2. The Bertz CT molecular complexity index is 622. The first-order chi connectivity index (χ1) is 10.1. The molecule has 1 spiro atoms. The third-order valence-corrected chi connectivity index (χ3v) is 4.46. The normalized spacial score (nSPS) is 26.0. The molecule has 0 radical (unpaired) electrons. The summed E-state index contributed by atoms with van der Waals surface area (Å²) in [6.07, 6.45) is -2.94. The number of hydrogen-bond donors (Lipinski definition) is 2. The number of fused-ring (bicyclic) bond motifs is 1. The Hall–Kier alpha value is -1.76. The first-order valence-corrected chi connectivity index (χ1v) is 6.99. The molecule has 1 aliphatic heterocycles. The topological polar surface area (TPSA) is 66.8 Å². The van der Waals surface area contributed by atoms with Crippen LogP contribution < -0.4 is 4.74 Å². The number of rotatable bonds is 2. The second-order valence-electron chi connectivity index (χ2n) is 6.13. The van der Waals surface area contributed by atoms with Gasteiger partial charge in [0.1, 0.15) is 17.0 Å². The van der Waals surface area contributed by atoms with Gasteiger partial charge in [0.2, 0.25) is 0 Å². The standard InChI is InChI=1S/C15H15F3O4/c16-15(17,18)9-2-3-10-11(6-9)22-13(4-1-5-13)8-14(10,21)7-12(19)20/h2-3,6,21H,1,4-5,7-8H2,(H,19,20). The summed E-state index contributed by atoms with van der Waals surface area (Å²) in [5.74, 6) is -1.27. The fourth-order valence-corrected chi connectivity index (χ4v) is 3.32. The number of ether oxygens (including phenoxy) is 1. The van der Waals surface area contributed by atoms with Crippen LogP contribution in [0.2, 0.25) is 0 Å². The van der Waals surface area contributed by atoms with E-state index in [-0.39, 0.29) is 17.7 Å². The first-order valence-electron chi connectivity index (χ1n) is 6.99. The van der Waals surface area contributed by atoms with Crippen LogP contribution in [0.3, 0.4) is 0 Å². The largest absolute Gasteiger partial charge is 0.487 e. The minimum absolute atomic E-state index is 0.0653. The Morgan fingerprint density at radius 2 is 2.00 bits per heavy atom. The zero-order valence-corrected chi connectivity index (χ0v) is 11.6. The van der Waals surface area contributed by atoms with Crippen molar-refractivity contribution in [2.45, 2.75) is 49.5 Å². The lowest BCUT2D eigenvalue weighted by atomic mass is 9.68. The molecule has 3 rings (SSSR count). The maximum absolute atomic E-state index is 12.8. The van der Waals surface area contributed by atoms with E-state index in [1.54, 1.807) is 0 Å². The highest BCUT2D eigenvalue weighted by Crippen LogP contribution is 2.53. The molecule has 0 saturated heterocycles. The van der Waals surface area contributed by atoms with Gasteiger partial charge in [-0.2, -0.15) is 13.2 Å². The third-order valence-electron chi connectivity index (χ3n) is 4.46. The van der Waals surface area contributed by atoms with Gasteiger partial charge in [0.25, 0.3) is 0 Å². The van der Waals surface area contributed by atoms with Crippen LogP contribution in [0, 0.1) is 0 Å². The molecule has 1 aromatic rings. The summed E-state index contributed by atoms with van der Waals surface area (Å²) in [5.41, 5.74) is -3.22. The van der Waals surface area contributed by atoms with Gasteiger partial charge in [0.15, 0.2) is 0 Å². The van der Waals surface area contributed by atoms with Gasteiger partial charge < -0.3 is 14.9 Å².